The number of hydrogen-bond donors (Lipinski definition) is 1. The minimum atomic E-state index is -1.44. The molecule has 0 heterocycles. The zero-order chi connectivity index (χ0) is 8.15. The van der Waals surface area contributed by atoms with Crippen LogP contribution < -0.4 is 15.9 Å². The van der Waals surface area contributed by atoms with E-state index in [-0.39, 0.29) is 33.9 Å². The van der Waals surface area contributed by atoms with E-state index < -0.39 is 18.0 Å². The molecule has 66 valence electrons. The maximum Gasteiger partial charge on any atom is 2.00 e. The van der Waals surface area contributed by atoms with Crippen molar-refractivity contribution in [2.45, 2.75) is 18.9 Å². The second kappa shape index (κ2) is 6.31. The molecule has 11 heavy (non-hydrogen) atoms. The van der Waals surface area contributed by atoms with Gasteiger partial charge in [-0.2, -0.15) is 0 Å². The fraction of sp³-hybridized carbons (Fsp3) is 0.600. The minimum absolute atomic E-state index is 0. The first-order chi connectivity index (χ1) is 4.54. The largest absolute Gasteiger partial charge is 2.00 e. The minimum Gasteiger partial charge on any atom is -0.550 e. The summed E-state index contributed by atoms with van der Waals surface area (Å²) >= 11 is 0. The monoisotopic (exact) mass is 340 g/mol. The Bertz CT molecular complexity index is 149. The van der Waals surface area contributed by atoms with E-state index in [1.54, 1.807) is 0 Å². The van der Waals surface area contributed by atoms with Gasteiger partial charge in [-0.25, -0.2) is 0 Å². The molecule has 0 aliphatic carbocycles. The van der Waals surface area contributed by atoms with Crippen molar-refractivity contribution in [1.29, 1.82) is 0 Å². The quantitative estimate of drug-likeness (QED) is 0.574. The third-order valence-electron chi connectivity index (χ3n) is 0.962. The molecule has 0 aromatic carbocycles. The predicted molar refractivity (Wildman–Crippen MR) is 27.2 cm³/mol. The summed E-state index contributed by atoms with van der Waals surface area (Å²) in [6.07, 6.45) is -0.500. The van der Waals surface area contributed by atoms with Gasteiger partial charge in [-0.3, -0.25) is 0 Å². The SMILES string of the molecule is NC(CCC(=O)[O-])C(=O)[O-].[Pt+2]. The number of nitrogens with two attached hydrogens (primary N) is 1. The van der Waals surface area contributed by atoms with E-state index in [9.17, 15) is 19.8 Å². The number of hydrogen-bond acceptors (Lipinski definition) is 5. The Morgan fingerprint density at radius 1 is 1.36 bits per heavy atom. The molecule has 5 nitrogen and oxygen atoms in total. The van der Waals surface area contributed by atoms with Crippen molar-refractivity contribution >= 4 is 11.9 Å². The molecule has 0 saturated heterocycles. The smallest absolute Gasteiger partial charge is 0.550 e. The van der Waals surface area contributed by atoms with Gasteiger partial charge in [0.1, 0.15) is 0 Å². The molecular formula is C5H7NO4Pt. The Morgan fingerprint density at radius 3 is 2.09 bits per heavy atom. The number of carbonyl (C=O) groups excluding carboxylic acids is 2. The van der Waals surface area contributed by atoms with Gasteiger partial charge in [-0.1, -0.05) is 0 Å². The van der Waals surface area contributed by atoms with Crippen LogP contribution in [0.3, 0.4) is 0 Å². The summed E-state index contributed by atoms with van der Waals surface area (Å²) < 4.78 is 0. The second-order valence-corrected chi connectivity index (χ2v) is 1.84. The van der Waals surface area contributed by atoms with Crippen LogP contribution in [0, 0.1) is 0 Å². The van der Waals surface area contributed by atoms with Gasteiger partial charge in [-0.05, 0) is 12.8 Å². The Morgan fingerprint density at radius 2 is 1.82 bits per heavy atom. The molecule has 0 aliphatic rings. The molecule has 1 atom stereocenters. The molecule has 0 rings (SSSR count). The van der Waals surface area contributed by atoms with Crippen LogP contribution in [0.2, 0.25) is 0 Å². The van der Waals surface area contributed by atoms with Gasteiger partial charge in [0.05, 0.1) is 5.97 Å². The van der Waals surface area contributed by atoms with Crippen LogP contribution in [0.5, 0.6) is 0 Å². The second-order valence-electron chi connectivity index (χ2n) is 1.84. The van der Waals surface area contributed by atoms with E-state index in [4.69, 9.17) is 5.73 Å². The standard InChI is InChI=1S/C5H9NO4.Pt/c6-3(5(9)10)1-2-4(7)8;/h3H,1-2,6H2,(H,7,8)(H,9,10);/q;+2/p-2. The van der Waals surface area contributed by atoms with Crippen LogP contribution in [0.1, 0.15) is 12.8 Å². The normalized spacial score (nSPS) is 11.4. The maximum absolute atomic E-state index is 9.86. The Kier molecular flexibility index (Phi) is 7.57. The molecule has 0 aliphatic heterocycles. The maximum atomic E-state index is 9.86. The third-order valence-corrected chi connectivity index (χ3v) is 0.962. The van der Waals surface area contributed by atoms with Crippen molar-refractivity contribution in [2.75, 3.05) is 0 Å². The molecule has 0 radical (unpaired) electrons. The van der Waals surface area contributed by atoms with Crippen molar-refractivity contribution < 1.29 is 40.9 Å². The number of carboxylic acids is 2. The zero-order valence-corrected chi connectivity index (χ0v) is 7.79. The fourth-order valence-corrected chi connectivity index (χ4v) is 0.391. The Balaban J connectivity index is 0. The van der Waals surface area contributed by atoms with E-state index >= 15 is 0 Å². The summed E-state index contributed by atoms with van der Waals surface area (Å²) in [5.41, 5.74) is 4.91. The summed E-state index contributed by atoms with van der Waals surface area (Å²) in [6, 6.07) is -1.21. The Labute approximate surface area is 77.8 Å². The van der Waals surface area contributed by atoms with Crippen molar-refractivity contribution in [3.63, 3.8) is 0 Å². The number of carboxylic acid groups (broad SMARTS) is 2. The van der Waals surface area contributed by atoms with Crippen molar-refractivity contribution in [3.05, 3.63) is 0 Å². The predicted octanol–water partition coefficient (Wildman–Crippen LogP) is -3.41. The van der Waals surface area contributed by atoms with Gasteiger partial charge in [0, 0.05) is 12.0 Å². The molecule has 6 heteroatoms. The van der Waals surface area contributed by atoms with Gasteiger partial charge in [-0.15, -0.1) is 0 Å². The summed E-state index contributed by atoms with van der Waals surface area (Å²) in [4.78, 5) is 19.6. The van der Waals surface area contributed by atoms with Crippen LogP contribution in [0.15, 0.2) is 0 Å². The first-order valence-corrected chi connectivity index (χ1v) is 2.70. The number of aliphatic carboxylic acids is 2. The van der Waals surface area contributed by atoms with E-state index in [2.05, 4.69) is 0 Å². The average molecular weight is 340 g/mol. The van der Waals surface area contributed by atoms with Gasteiger partial charge in [0.25, 0.3) is 0 Å². The first kappa shape index (κ1) is 13.2. The van der Waals surface area contributed by atoms with Crippen LogP contribution in [0.4, 0.5) is 0 Å². The van der Waals surface area contributed by atoms with Crippen molar-refractivity contribution in [2.24, 2.45) is 5.73 Å². The van der Waals surface area contributed by atoms with Gasteiger partial charge in [0.15, 0.2) is 0 Å². The Hall–Kier alpha value is -0.412. The summed E-state index contributed by atoms with van der Waals surface area (Å²) in [5, 5.41) is 19.6. The molecule has 0 fully saturated rings. The number of carbonyl (C=O) groups is 2. The molecule has 0 amide bonds. The molecule has 0 bridgehead atoms. The first-order valence-electron chi connectivity index (χ1n) is 2.70. The third kappa shape index (κ3) is 7.49. The van der Waals surface area contributed by atoms with Crippen molar-refractivity contribution in [3.8, 4) is 0 Å². The van der Waals surface area contributed by atoms with Crippen LogP contribution in [-0.2, 0) is 30.7 Å². The van der Waals surface area contributed by atoms with E-state index in [0.29, 0.717) is 0 Å². The van der Waals surface area contributed by atoms with Crippen LogP contribution in [-0.4, -0.2) is 18.0 Å². The van der Waals surface area contributed by atoms with Crippen LogP contribution in [0.25, 0.3) is 0 Å². The molecular weight excluding hydrogens is 333 g/mol. The van der Waals surface area contributed by atoms with Crippen LogP contribution >= 0.6 is 0 Å². The zero-order valence-electron chi connectivity index (χ0n) is 5.52. The molecule has 2 N–H and O–H groups in total. The molecule has 0 aromatic rings. The summed E-state index contributed by atoms with van der Waals surface area (Å²) in [5.74, 6) is -2.75. The van der Waals surface area contributed by atoms with E-state index in [0.717, 1.165) is 0 Å². The van der Waals surface area contributed by atoms with Gasteiger partial charge < -0.3 is 25.5 Å². The average Bonchev–Trinajstić information content (AvgIpc) is 1.82. The molecule has 0 spiro atoms. The molecule has 1 unspecified atom stereocenters. The van der Waals surface area contributed by atoms with Gasteiger partial charge >= 0.3 is 21.1 Å². The number of rotatable bonds is 4. The summed E-state index contributed by atoms with van der Waals surface area (Å²) in [7, 11) is 0. The fourth-order valence-electron chi connectivity index (χ4n) is 0.391. The molecule has 0 aromatic heterocycles. The topological polar surface area (TPSA) is 106 Å². The van der Waals surface area contributed by atoms with Gasteiger partial charge in [0.2, 0.25) is 0 Å². The summed E-state index contributed by atoms with van der Waals surface area (Å²) in [6.45, 7) is 0. The van der Waals surface area contributed by atoms with E-state index in [1.807, 2.05) is 0 Å². The van der Waals surface area contributed by atoms with Crippen molar-refractivity contribution in [1.82, 2.24) is 0 Å². The molecule has 0 saturated carbocycles. The van der Waals surface area contributed by atoms with E-state index in [1.165, 1.54) is 0 Å².